The molecule has 3 aliphatic heterocycles. The highest BCUT2D eigenvalue weighted by atomic mass is 35.5. The first-order chi connectivity index (χ1) is 14.3. The first-order valence-corrected chi connectivity index (χ1v) is 10.9. The van der Waals surface area contributed by atoms with Gasteiger partial charge in [0, 0.05) is 26.1 Å². The van der Waals surface area contributed by atoms with Crippen molar-refractivity contribution in [3.05, 3.63) is 10.7 Å². The minimum absolute atomic E-state index is 0.262. The number of urea groups is 1. The van der Waals surface area contributed by atoms with Gasteiger partial charge in [-0.05, 0) is 38.2 Å². The van der Waals surface area contributed by atoms with E-state index in [9.17, 15) is 19.5 Å². The van der Waals surface area contributed by atoms with E-state index in [-0.39, 0.29) is 24.1 Å². The molecular formula is C20H29ClN4O5. The summed E-state index contributed by atoms with van der Waals surface area (Å²) in [6.07, 6.45) is 2.49. The number of halogens is 1. The maximum absolute atomic E-state index is 12.9. The number of rotatable bonds is 6. The van der Waals surface area contributed by atoms with Gasteiger partial charge >= 0.3 is 12.0 Å². The Bertz CT molecular complexity index is 768. The summed E-state index contributed by atoms with van der Waals surface area (Å²) in [5.41, 5.74) is 1.34. The van der Waals surface area contributed by atoms with Crippen molar-refractivity contribution in [2.45, 2.75) is 64.1 Å². The summed E-state index contributed by atoms with van der Waals surface area (Å²) in [6, 6.07) is -1.31. The van der Waals surface area contributed by atoms with Crippen LogP contribution in [0.25, 0.3) is 0 Å². The van der Waals surface area contributed by atoms with Gasteiger partial charge in [0.25, 0.3) is 5.91 Å². The Hall–Kier alpha value is -2.13. The zero-order valence-electron chi connectivity index (χ0n) is 17.4. The standard InChI is InChI=1S/C20H29ClN4O5/c1-3-12-10-14(22-17(12)21)18(26)23-13-7-9-24(11-16(13)30-4-2)20(29)25-8-5-6-15(25)19(27)28/h13,15-16H,3-11H2,1-2H3,(H,23,26)(H,27,28)/t13-,15+,16+/m1/s1. The van der Waals surface area contributed by atoms with Crippen molar-refractivity contribution in [1.29, 1.82) is 0 Å². The first kappa shape index (κ1) is 22.6. The zero-order chi connectivity index (χ0) is 21.8. The molecule has 3 rings (SSSR count). The summed E-state index contributed by atoms with van der Waals surface area (Å²) in [5, 5.41) is 12.7. The molecule has 0 unspecified atom stereocenters. The van der Waals surface area contributed by atoms with Crippen LogP contribution in [-0.4, -0.2) is 83.0 Å². The molecule has 2 saturated heterocycles. The first-order valence-electron chi connectivity index (χ1n) is 10.5. The molecule has 3 atom stereocenters. The van der Waals surface area contributed by atoms with Gasteiger partial charge in [0.05, 0.1) is 18.7 Å². The summed E-state index contributed by atoms with van der Waals surface area (Å²) < 4.78 is 5.82. The molecule has 0 aromatic heterocycles. The predicted octanol–water partition coefficient (Wildman–Crippen LogP) is 1.96. The van der Waals surface area contributed by atoms with Crippen molar-refractivity contribution in [2.24, 2.45) is 4.99 Å². The number of amides is 3. The maximum Gasteiger partial charge on any atom is 0.326 e. The van der Waals surface area contributed by atoms with E-state index in [1.54, 1.807) is 4.90 Å². The number of allylic oxidation sites excluding steroid dienone is 1. The third kappa shape index (κ3) is 4.78. The topological polar surface area (TPSA) is 112 Å². The highest BCUT2D eigenvalue weighted by Gasteiger charge is 2.40. The number of carbonyl (C=O) groups is 3. The van der Waals surface area contributed by atoms with Gasteiger partial charge in [0.2, 0.25) is 0 Å². The van der Waals surface area contributed by atoms with E-state index in [4.69, 9.17) is 16.3 Å². The largest absolute Gasteiger partial charge is 0.480 e. The number of hydrogen-bond acceptors (Lipinski definition) is 5. The van der Waals surface area contributed by atoms with E-state index in [2.05, 4.69) is 10.3 Å². The van der Waals surface area contributed by atoms with Crippen molar-refractivity contribution in [3.63, 3.8) is 0 Å². The Morgan fingerprint density at radius 3 is 2.67 bits per heavy atom. The van der Waals surface area contributed by atoms with Crippen molar-refractivity contribution in [2.75, 3.05) is 26.2 Å². The van der Waals surface area contributed by atoms with Crippen molar-refractivity contribution >= 4 is 35.2 Å². The summed E-state index contributed by atoms with van der Waals surface area (Å²) in [4.78, 5) is 44.3. The second kappa shape index (κ2) is 9.78. The van der Waals surface area contributed by atoms with E-state index in [0.29, 0.717) is 62.8 Å². The third-order valence-corrected chi connectivity index (χ3v) is 6.26. The number of hydrogen-bond donors (Lipinski definition) is 2. The molecule has 0 bridgehead atoms. The summed E-state index contributed by atoms with van der Waals surface area (Å²) in [6.45, 7) is 5.43. The molecule has 0 aromatic carbocycles. The number of nitrogens with one attached hydrogen (secondary N) is 1. The summed E-state index contributed by atoms with van der Waals surface area (Å²) in [5.74, 6) is -1.24. The van der Waals surface area contributed by atoms with Crippen LogP contribution in [0.2, 0.25) is 0 Å². The van der Waals surface area contributed by atoms with Crippen LogP contribution in [0.4, 0.5) is 4.79 Å². The second-order valence-electron chi connectivity index (χ2n) is 7.76. The fourth-order valence-corrected chi connectivity index (χ4v) is 4.54. The van der Waals surface area contributed by atoms with Gasteiger partial charge in [-0.15, -0.1) is 0 Å². The molecule has 2 fully saturated rings. The number of carboxylic acid groups (broad SMARTS) is 1. The van der Waals surface area contributed by atoms with Crippen LogP contribution in [0.15, 0.2) is 15.7 Å². The number of likely N-dealkylation sites (tertiary alicyclic amines) is 2. The maximum atomic E-state index is 12.9. The number of ether oxygens (including phenoxy) is 1. The fourth-order valence-electron chi connectivity index (χ4n) is 4.24. The van der Waals surface area contributed by atoms with Crippen LogP contribution in [0.5, 0.6) is 0 Å². The Morgan fingerprint density at radius 2 is 2.03 bits per heavy atom. The molecule has 0 saturated carbocycles. The van der Waals surface area contributed by atoms with Crippen molar-refractivity contribution in [3.8, 4) is 0 Å². The second-order valence-corrected chi connectivity index (χ2v) is 8.12. The fraction of sp³-hybridized carbons (Fsp3) is 0.700. The lowest BCUT2D eigenvalue weighted by Gasteiger charge is -2.40. The number of carboxylic acids is 1. The molecule has 10 heteroatoms. The molecule has 3 amide bonds. The molecular weight excluding hydrogens is 412 g/mol. The minimum atomic E-state index is -0.972. The lowest BCUT2D eigenvalue weighted by atomic mass is 10.0. The Labute approximate surface area is 181 Å². The highest BCUT2D eigenvalue weighted by Crippen LogP contribution is 2.26. The summed E-state index contributed by atoms with van der Waals surface area (Å²) >= 11 is 6.09. The average molecular weight is 441 g/mol. The number of nitrogens with zero attached hydrogens (tertiary/aromatic N) is 3. The zero-order valence-corrected chi connectivity index (χ0v) is 18.2. The van der Waals surface area contributed by atoms with Crippen LogP contribution in [-0.2, 0) is 14.3 Å². The molecule has 0 aromatic rings. The van der Waals surface area contributed by atoms with E-state index in [1.165, 1.54) is 4.90 Å². The van der Waals surface area contributed by atoms with Gasteiger partial charge in [0.15, 0.2) is 0 Å². The summed E-state index contributed by atoms with van der Waals surface area (Å²) in [7, 11) is 0. The monoisotopic (exact) mass is 440 g/mol. The van der Waals surface area contributed by atoms with Crippen LogP contribution >= 0.6 is 11.6 Å². The molecule has 0 aliphatic carbocycles. The van der Waals surface area contributed by atoms with E-state index in [0.717, 1.165) is 12.0 Å². The number of aliphatic carboxylic acids is 1. The Balaban J connectivity index is 1.61. The number of aliphatic imine (C=N–C) groups is 1. The van der Waals surface area contributed by atoms with Crippen LogP contribution in [0.1, 0.15) is 46.0 Å². The van der Waals surface area contributed by atoms with Crippen molar-refractivity contribution < 1.29 is 24.2 Å². The number of piperidine rings is 1. The molecule has 2 N–H and O–H groups in total. The minimum Gasteiger partial charge on any atom is -0.480 e. The van der Waals surface area contributed by atoms with E-state index in [1.807, 2.05) is 13.8 Å². The molecule has 30 heavy (non-hydrogen) atoms. The Kier molecular flexibility index (Phi) is 7.36. The van der Waals surface area contributed by atoms with Crippen LogP contribution < -0.4 is 5.32 Å². The number of carbonyl (C=O) groups excluding carboxylic acids is 2. The third-order valence-electron chi connectivity index (χ3n) is 5.91. The van der Waals surface area contributed by atoms with Gasteiger partial charge in [-0.2, -0.15) is 0 Å². The molecule has 3 heterocycles. The van der Waals surface area contributed by atoms with E-state index >= 15 is 0 Å². The van der Waals surface area contributed by atoms with Gasteiger partial charge in [0.1, 0.15) is 16.9 Å². The Morgan fingerprint density at radius 1 is 1.27 bits per heavy atom. The lowest BCUT2D eigenvalue weighted by Crippen LogP contribution is -2.59. The SMILES string of the molecule is CCO[C@H]1CN(C(=O)N2CCC[C@H]2C(=O)O)CC[C@H]1NC(=O)C1=NC(Cl)=C(CC)C1. The molecule has 166 valence electrons. The average Bonchev–Trinajstić information content (AvgIpc) is 3.35. The quantitative estimate of drug-likeness (QED) is 0.613. The highest BCUT2D eigenvalue weighted by molar-refractivity contribution is 6.43. The van der Waals surface area contributed by atoms with Gasteiger partial charge in [-0.1, -0.05) is 18.5 Å². The lowest BCUT2D eigenvalue weighted by molar-refractivity contribution is -0.141. The van der Waals surface area contributed by atoms with Crippen LogP contribution in [0, 0.1) is 0 Å². The van der Waals surface area contributed by atoms with Gasteiger partial charge < -0.3 is 25.0 Å². The van der Waals surface area contributed by atoms with Gasteiger partial charge in [-0.25, -0.2) is 14.6 Å². The molecule has 0 spiro atoms. The predicted molar refractivity (Wildman–Crippen MR) is 112 cm³/mol. The van der Waals surface area contributed by atoms with Crippen LogP contribution in [0.3, 0.4) is 0 Å². The smallest absolute Gasteiger partial charge is 0.326 e. The molecule has 9 nitrogen and oxygen atoms in total. The molecule has 0 radical (unpaired) electrons. The normalized spacial score (nSPS) is 26.8. The van der Waals surface area contributed by atoms with Gasteiger partial charge in [-0.3, -0.25) is 4.79 Å². The van der Waals surface area contributed by atoms with Crippen molar-refractivity contribution in [1.82, 2.24) is 15.1 Å². The molecule has 3 aliphatic rings. The van der Waals surface area contributed by atoms with E-state index < -0.39 is 12.0 Å².